The molecule has 1 aliphatic heterocycles. The highest BCUT2D eigenvalue weighted by Crippen LogP contribution is 2.36. The molecule has 5 heteroatoms. The lowest BCUT2D eigenvalue weighted by molar-refractivity contribution is 0.171. The summed E-state index contributed by atoms with van der Waals surface area (Å²) >= 11 is 0. The monoisotopic (exact) mass is 295 g/mol. The standard InChI is InChI=1S/C17H17N3O2/c1-10-3-5-13(18)17-19-16(11(2)20(10)17)12-4-6-14-15(9-12)22-8-7-21-14/h3-6,9H,7-8,18H2,1-2H3. The second-order valence-electron chi connectivity index (χ2n) is 5.49. The second kappa shape index (κ2) is 4.66. The lowest BCUT2D eigenvalue weighted by Gasteiger charge is -2.18. The minimum Gasteiger partial charge on any atom is -0.486 e. The van der Waals surface area contributed by atoms with Gasteiger partial charge in [0.1, 0.15) is 13.2 Å². The highest BCUT2D eigenvalue weighted by Gasteiger charge is 2.17. The van der Waals surface area contributed by atoms with Crippen LogP contribution in [0.4, 0.5) is 5.69 Å². The SMILES string of the molecule is Cc1ccc(N)c2nc(-c3ccc4c(c3)OCCO4)c(C)n12. The van der Waals surface area contributed by atoms with Gasteiger partial charge in [-0.25, -0.2) is 4.98 Å². The van der Waals surface area contributed by atoms with Crippen LogP contribution in [0.25, 0.3) is 16.9 Å². The van der Waals surface area contributed by atoms with Gasteiger partial charge in [-0.1, -0.05) is 0 Å². The normalized spacial score (nSPS) is 13.5. The van der Waals surface area contributed by atoms with Crippen molar-refractivity contribution in [2.45, 2.75) is 13.8 Å². The lowest BCUT2D eigenvalue weighted by atomic mass is 10.1. The van der Waals surface area contributed by atoms with E-state index in [1.54, 1.807) is 0 Å². The average Bonchev–Trinajstić information content (AvgIpc) is 2.89. The van der Waals surface area contributed by atoms with Gasteiger partial charge in [0.25, 0.3) is 0 Å². The van der Waals surface area contributed by atoms with Crippen molar-refractivity contribution in [3.05, 3.63) is 41.7 Å². The number of hydrogen-bond acceptors (Lipinski definition) is 4. The number of benzene rings is 1. The number of hydrogen-bond donors (Lipinski definition) is 1. The van der Waals surface area contributed by atoms with E-state index >= 15 is 0 Å². The molecular formula is C17H17N3O2. The number of nitrogen functional groups attached to an aromatic ring is 1. The predicted octanol–water partition coefficient (Wildman–Crippen LogP) is 2.97. The van der Waals surface area contributed by atoms with Gasteiger partial charge in [-0.05, 0) is 44.2 Å². The Morgan fingerprint density at radius 1 is 1.05 bits per heavy atom. The highest BCUT2D eigenvalue weighted by atomic mass is 16.6. The van der Waals surface area contributed by atoms with Gasteiger partial charge in [0.05, 0.1) is 11.4 Å². The first kappa shape index (κ1) is 13.0. The fourth-order valence-corrected chi connectivity index (χ4v) is 2.95. The number of rotatable bonds is 1. The summed E-state index contributed by atoms with van der Waals surface area (Å²) in [4.78, 5) is 4.73. The second-order valence-corrected chi connectivity index (χ2v) is 5.49. The Morgan fingerprint density at radius 2 is 1.82 bits per heavy atom. The van der Waals surface area contributed by atoms with Gasteiger partial charge < -0.3 is 15.2 Å². The van der Waals surface area contributed by atoms with Crippen molar-refractivity contribution in [1.29, 1.82) is 0 Å². The van der Waals surface area contributed by atoms with Crippen molar-refractivity contribution in [2.24, 2.45) is 0 Å². The molecule has 3 aromatic rings. The molecule has 0 saturated carbocycles. The smallest absolute Gasteiger partial charge is 0.162 e. The van der Waals surface area contributed by atoms with Crippen molar-refractivity contribution in [1.82, 2.24) is 9.38 Å². The molecule has 0 amide bonds. The minimum atomic E-state index is 0.576. The van der Waals surface area contributed by atoms with Crippen LogP contribution in [0.2, 0.25) is 0 Å². The van der Waals surface area contributed by atoms with Gasteiger partial charge in [0.15, 0.2) is 17.1 Å². The van der Waals surface area contributed by atoms with Crippen LogP contribution in [-0.2, 0) is 0 Å². The highest BCUT2D eigenvalue weighted by molar-refractivity contribution is 5.75. The van der Waals surface area contributed by atoms with Gasteiger partial charge in [-0.3, -0.25) is 4.40 Å². The number of pyridine rings is 1. The largest absolute Gasteiger partial charge is 0.486 e. The van der Waals surface area contributed by atoms with Crippen molar-refractivity contribution >= 4 is 11.3 Å². The maximum Gasteiger partial charge on any atom is 0.162 e. The zero-order valence-corrected chi connectivity index (χ0v) is 12.6. The van der Waals surface area contributed by atoms with Crippen LogP contribution < -0.4 is 15.2 Å². The molecule has 0 radical (unpaired) electrons. The topological polar surface area (TPSA) is 61.8 Å². The fourth-order valence-electron chi connectivity index (χ4n) is 2.95. The summed E-state index contributed by atoms with van der Waals surface area (Å²) in [6, 6.07) is 9.82. The van der Waals surface area contributed by atoms with E-state index in [1.165, 1.54) is 0 Å². The molecule has 3 heterocycles. The number of anilines is 1. The van der Waals surface area contributed by atoms with E-state index in [1.807, 2.05) is 30.3 Å². The molecule has 0 atom stereocenters. The number of nitrogens with zero attached hydrogens (tertiary/aromatic N) is 2. The van der Waals surface area contributed by atoms with Crippen LogP contribution in [0.3, 0.4) is 0 Å². The Kier molecular flexibility index (Phi) is 2.76. The molecule has 5 nitrogen and oxygen atoms in total. The summed E-state index contributed by atoms with van der Waals surface area (Å²) in [6.45, 7) is 5.27. The number of aromatic nitrogens is 2. The maximum atomic E-state index is 6.07. The molecule has 112 valence electrons. The molecule has 22 heavy (non-hydrogen) atoms. The summed E-state index contributed by atoms with van der Waals surface area (Å²) in [7, 11) is 0. The number of aryl methyl sites for hydroxylation is 2. The van der Waals surface area contributed by atoms with E-state index < -0.39 is 0 Å². The van der Waals surface area contributed by atoms with Gasteiger partial charge in [-0.2, -0.15) is 0 Å². The molecule has 0 saturated heterocycles. The van der Waals surface area contributed by atoms with Crippen LogP contribution in [-0.4, -0.2) is 22.6 Å². The van der Waals surface area contributed by atoms with Crippen LogP contribution in [0.15, 0.2) is 30.3 Å². The summed E-state index contributed by atoms with van der Waals surface area (Å²) < 4.78 is 13.3. The van der Waals surface area contributed by atoms with Gasteiger partial charge in [0, 0.05) is 17.0 Å². The Hall–Kier alpha value is -2.69. The van der Waals surface area contributed by atoms with Gasteiger partial charge in [0.2, 0.25) is 0 Å². The summed E-state index contributed by atoms with van der Waals surface area (Å²) in [5, 5.41) is 0. The first-order valence-corrected chi connectivity index (χ1v) is 7.29. The average molecular weight is 295 g/mol. The Balaban J connectivity index is 1.93. The Bertz CT molecular complexity index is 883. The van der Waals surface area contributed by atoms with E-state index in [0.717, 1.165) is 39.8 Å². The molecule has 1 aromatic carbocycles. The van der Waals surface area contributed by atoms with Crippen LogP contribution >= 0.6 is 0 Å². The summed E-state index contributed by atoms with van der Waals surface area (Å²) in [6.07, 6.45) is 0. The van der Waals surface area contributed by atoms with E-state index in [4.69, 9.17) is 20.2 Å². The minimum absolute atomic E-state index is 0.576. The first-order valence-electron chi connectivity index (χ1n) is 7.29. The number of imidazole rings is 1. The fraction of sp³-hybridized carbons (Fsp3) is 0.235. The molecular weight excluding hydrogens is 278 g/mol. The molecule has 0 bridgehead atoms. The van der Waals surface area contributed by atoms with Crippen molar-refractivity contribution in [3.63, 3.8) is 0 Å². The molecule has 2 N–H and O–H groups in total. The molecule has 0 fully saturated rings. The number of fused-ring (bicyclic) bond motifs is 2. The molecule has 4 rings (SSSR count). The summed E-state index contributed by atoms with van der Waals surface area (Å²) in [5.41, 5.74) is 11.6. The van der Waals surface area contributed by atoms with Crippen molar-refractivity contribution < 1.29 is 9.47 Å². The van der Waals surface area contributed by atoms with Gasteiger partial charge in [-0.15, -0.1) is 0 Å². The van der Waals surface area contributed by atoms with E-state index in [0.29, 0.717) is 18.9 Å². The van der Waals surface area contributed by atoms with E-state index in [-0.39, 0.29) is 0 Å². The van der Waals surface area contributed by atoms with E-state index in [9.17, 15) is 0 Å². The first-order chi connectivity index (χ1) is 10.6. The van der Waals surface area contributed by atoms with Crippen LogP contribution in [0, 0.1) is 13.8 Å². The maximum absolute atomic E-state index is 6.07. The zero-order chi connectivity index (χ0) is 15.3. The molecule has 0 unspecified atom stereocenters. The van der Waals surface area contributed by atoms with Crippen molar-refractivity contribution in [2.75, 3.05) is 18.9 Å². The number of ether oxygens (including phenoxy) is 2. The molecule has 1 aliphatic rings. The molecule has 0 spiro atoms. The van der Waals surface area contributed by atoms with E-state index in [2.05, 4.69) is 18.2 Å². The Labute approximate surface area is 128 Å². The van der Waals surface area contributed by atoms with Crippen molar-refractivity contribution in [3.8, 4) is 22.8 Å². The third kappa shape index (κ3) is 1.82. The lowest BCUT2D eigenvalue weighted by Crippen LogP contribution is -2.15. The molecule has 2 aromatic heterocycles. The number of nitrogens with two attached hydrogens (primary N) is 1. The quantitative estimate of drug-likeness (QED) is 0.749. The summed E-state index contributed by atoms with van der Waals surface area (Å²) in [5.74, 6) is 1.55. The Morgan fingerprint density at radius 3 is 2.59 bits per heavy atom. The van der Waals surface area contributed by atoms with Crippen LogP contribution in [0.1, 0.15) is 11.4 Å². The third-order valence-corrected chi connectivity index (χ3v) is 4.04. The predicted molar refractivity (Wildman–Crippen MR) is 85.5 cm³/mol. The zero-order valence-electron chi connectivity index (χ0n) is 12.6. The van der Waals surface area contributed by atoms with Crippen LogP contribution in [0.5, 0.6) is 11.5 Å². The molecule has 0 aliphatic carbocycles. The third-order valence-electron chi connectivity index (χ3n) is 4.04. The van der Waals surface area contributed by atoms with Gasteiger partial charge >= 0.3 is 0 Å².